The van der Waals surface area contributed by atoms with Crippen LogP contribution in [0.2, 0.25) is 0 Å². The molecule has 148 valence electrons. The normalized spacial score (nSPS) is 20.8. The van der Waals surface area contributed by atoms with Gasteiger partial charge in [-0.25, -0.2) is 0 Å². The lowest BCUT2D eigenvalue weighted by Gasteiger charge is -2.16. The lowest BCUT2D eigenvalue weighted by Crippen LogP contribution is -2.31. The molecule has 1 aromatic heterocycles. The van der Waals surface area contributed by atoms with Gasteiger partial charge in [0.25, 0.3) is 5.91 Å². The van der Waals surface area contributed by atoms with Gasteiger partial charge in [-0.15, -0.1) is 0 Å². The third-order valence-electron chi connectivity index (χ3n) is 5.35. The Bertz CT molecular complexity index is 871. The van der Waals surface area contributed by atoms with Crippen molar-refractivity contribution in [2.45, 2.75) is 44.7 Å². The molecule has 0 radical (unpaired) electrons. The van der Waals surface area contributed by atoms with Gasteiger partial charge in [0.1, 0.15) is 11.5 Å². The van der Waals surface area contributed by atoms with Gasteiger partial charge in [-0.1, -0.05) is 19.1 Å². The molecule has 4 rings (SSSR count). The van der Waals surface area contributed by atoms with Crippen LogP contribution in [0.5, 0.6) is 0 Å². The molecule has 1 aromatic carbocycles. The molecule has 2 aliphatic rings. The van der Waals surface area contributed by atoms with Crippen molar-refractivity contribution < 1.29 is 14.0 Å². The molecule has 0 saturated heterocycles. The lowest BCUT2D eigenvalue weighted by molar-refractivity contribution is -0.117. The molecule has 0 spiro atoms. The molecular formula is C22H27N3O3. The Morgan fingerprint density at radius 1 is 1.18 bits per heavy atom. The van der Waals surface area contributed by atoms with Crippen LogP contribution in [0.1, 0.15) is 54.0 Å². The zero-order valence-electron chi connectivity index (χ0n) is 16.4. The van der Waals surface area contributed by atoms with E-state index in [-0.39, 0.29) is 24.4 Å². The number of hydrogen-bond donors (Lipinski definition) is 2. The molecule has 0 aliphatic heterocycles. The van der Waals surface area contributed by atoms with E-state index in [1.54, 1.807) is 18.2 Å². The number of furan rings is 1. The number of carbonyl (C=O) groups excluding carboxylic acids is 2. The minimum Gasteiger partial charge on any atom is -0.464 e. The summed E-state index contributed by atoms with van der Waals surface area (Å²) >= 11 is 0. The van der Waals surface area contributed by atoms with Crippen molar-refractivity contribution in [3.05, 3.63) is 53.5 Å². The molecule has 2 N–H and O–H groups in total. The lowest BCUT2D eigenvalue weighted by atomic mass is 10.1. The van der Waals surface area contributed by atoms with Crippen molar-refractivity contribution >= 4 is 17.5 Å². The minimum absolute atomic E-state index is 0.135. The Kier molecular flexibility index (Phi) is 5.22. The average molecular weight is 381 g/mol. The topological polar surface area (TPSA) is 74.6 Å². The van der Waals surface area contributed by atoms with Crippen molar-refractivity contribution in [1.82, 2.24) is 10.2 Å². The van der Waals surface area contributed by atoms with Gasteiger partial charge < -0.3 is 15.1 Å². The molecule has 2 aromatic rings. The van der Waals surface area contributed by atoms with Gasteiger partial charge in [0, 0.05) is 12.0 Å². The molecule has 2 saturated carbocycles. The van der Waals surface area contributed by atoms with Crippen LogP contribution in [-0.4, -0.2) is 36.3 Å². The van der Waals surface area contributed by atoms with Gasteiger partial charge in [-0.05, 0) is 56.5 Å². The van der Waals surface area contributed by atoms with Crippen LogP contribution in [0, 0.1) is 5.92 Å². The van der Waals surface area contributed by atoms with Gasteiger partial charge in [0.15, 0.2) is 0 Å². The molecule has 6 nitrogen and oxygen atoms in total. The van der Waals surface area contributed by atoms with Gasteiger partial charge in [0.2, 0.25) is 5.91 Å². The number of hydrogen-bond acceptors (Lipinski definition) is 4. The Labute approximate surface area is 165 Å². The highest BCUT2D eigenvalue weighted by Gasteiger charge is 2.36. The molecule has 0 unspecified atom stereocenters. The van der Waals surface area contributed by atoms with Crippen LogP contribution in [0.4, 0.5) is 5.69 Å². The van der Waals surface area contributed by atoms with Crippen LogP contribution < -0.4 is 10.6 Å². The van der Waals surface area contributed by atoms with Crippen molar-refractivity contribution in [1.29, 1.82) is 0 Å². The van der Waals surface area contributed by atoms with Crippen LogP contribution in [0.15, 0.2) is 40.8 Å². The van der Waals surface area contributed by atoms with Crippen LogP contribution in [0.3, 0.4) is 0 Å². The number of amides is 2. The first-order valence-electron chi connectivity index (χ1n) is 9.96. The molecule has 0 bridgehead atoms. The summed E-state index contributed by atoms with van der Waals surface area (Å²) in [5, 5.41) is 5.83. The number of nitrogens with zero attached hydrogens (tertiary/aromatic N) is 1. The third-order valence-corrected chi connectivity index (χ3v) is 5.35. The van der Waals surface area contributed by atoms with E-state index in [4.69, 9.17) is 4.42 Å². The molecule has 2 amide bonds. The number of carbonyl (C=O) groups is 2. The predicted molar refractivity (Wildman–Crippen MR) is 107 cm³/mol. The summed E-state index contributed by atoms with van der Waals surface area (Å²) < 4.78 is 5.92. The van der Waals surface area contributed by atoms with Crippen LogP contribution in [0.25, 0.3) is 0 Å². The monoisotopic (exact) mass is 381 g/mol. The summed E-state index contributed by atoms with van der Waals surface area (Å²) in [5.74, 6) is 2.89. The molecule has 2 fully saturated rings. The van der Waals surface area contributed by atoms with E-state index >= 15 is 0 Å². The van der Waals surface area contributed by atoms with Crippen molar-refractivity contribution in [2.75, 3.05) is 18.9 Å². The third kappa shape index (κ3) is 4.62. The Hall–Kier alpha value is -2.60. The van der Waals surface area contributed by atoms with Gasteiger partial charge in [0.05, 0.1) is 24.3 Å². The van der Waals surface area contributed by atoms with E-state index in [9.17, 15) is 9.59 Å². The first-order chi connectivity index (χ1) is 13.5. The average Bonchev–Trinajstić information content (AvgIpc) is 3.56. The summed E-state index contributed by atoms with van der Waals surface area (Å²) in [6.45, 7) is 3.01. The molecule has 6 heteroatoms. The first-order valence-corrected chi connectivity index (χ1v) is 9.96. The molecule has 2 atom stereocenters. The van der Waals surface area contributed by atoms with Gasteiger partial charge in [-0.2, -0.15) is 0 Å². The maximum absolute atomic E-state index is 12.5. The molecule has 2 aliphatic carbocycles. The quantitative estimate of drug-likeness (QED) is 0.735. The van der Waals surface area contributed by atoms with E-state index in [0.29, 0.717) is 29.6 Å². The number of likely N-dealkylation sites (N-methyl/N-ethyl adjacent to an activating group) is 1. The fourth-order valence-corrected chi connectivity index (χ4v) is 3.44. The van der Waals surface area contributed by atoms with Crippen LogP contribution >= 0.6 is 0 Å². The van der Waals surface area contributed by atoms with E-state index in [2.05, 4.69) is 17.6 Å². The second-order valence-corrected chi connectivity index (χ2v) is 8.14. The highest BCUT2D eigenvalue weighted by Crippen LogP contribution is 2.47. The SMILES string of the molecule is C[C@H]1C[C@H]1c1ccc(CN(C)CC(=O)Nc2ccccc2C(=O)NC2CC2)o1. The van der Waals surface area contributed by atoms with E-state index in [1.807, 2.05) is 30.1 Å². The number of rotatable bonds is 8. The Morgan fingerprint density at radius 3 is 2.64 bits per heavy atom. The number of benzene rings is 1. The Morgan fingerprint density at radius 2 is 1.93 bits per heavy atom. The van der Waals surface area contributed by atoms with E-state index in [0.717, 1.165) is 24.4 Å². The summed E-state index contributed by atoms with van der Waals surface area (Å²) in [5.41, 5.74) is 1.04. The fraction of sp³-hybridized carbons (Fsp3) is 0.455. The van der Waals surface area contributed by atoms with Gasteiger partial charge in [-0.3, -0.25) is 14.5 Å². The molecule has 1 heterocycles. The fourth-order valence-electron chi connectivity index (χ4n) is 3.44. The molecular weight excluding hydrogens is 354 g/mol. The van der Waals surface area contributed by atoms with Crippen LogP contribution in [-0.2, 0) is 11.3 Å². The first kappa shape index (κ1) is 18.7. The summed E-state index contributed by atoms with van der Waals surface area (Å²) in [4.78, 5) is 26.7. The summed E-state index contributed by atoms with van der Waals surface area (Å²) in [6.07, 6.45) is 3.25. The van der Waals surface area contributed by atoms with Crippen molar-refractivity contribution in [2.24, 2.45) is 5.92 Å². The van der Waals surface area contributed by atoms with Crippen molar-refractivity contribution in [3.8, 4) is 0 Å². The highest BCUT2D eigenvalue weighted by molar-refractivity contribution is 6.04. The maximum atomic E-state index is 12.5. The Balaban J connectivity index is 1.31. The zero-order chi connectivity index (χ0) is 19.7. The number of nitrogens with one attached hydrogen (secondary N) is 2. The van der Waals surface area contributed by atoms with Crippen molar-refractivity contribution in [3.63, 3.8) is 0 Å². The molecule has 28 heavy (non-hydrogen) atoms. The number of anilines is 1. The van der Waals surface area contributed by atoms with Gasteiger partial charge >= 0.3 is 0 Å². The van der Waals surface area contributed by atoms with E-state index in [1.165, 1.54) is 6.42 Å². The summed E-state index contributed by atoms with van der Waals surface area (Å²) in [6, 6.07) is 11.4. The smallest absolute Gasteiger partial charge is 0.253 e. The maximum Gasteiger partial charge on any atom is 0.253 e. The van der Waals surface area contributed by atoms with E-state index < -0.39 is 0 Å². The second-order valence-electron chi connectivity index (χ2n) is 8.14. The minimum atomic E-state index is -0.156. The standard InChI is InChI=1S/C22H27N3O3/c1-14-11-18(14)20-10-9-16(28-20)12-25(2)13-21(26)24-19-6-4-3-5-17(19)22(27)23-15-7-8-15/h3-6,9-10,14-15,18H,7-8,11-13H2,1-2H3,(H,23,27)(H,24,26)/t14-,18+/m0/s1. The predicted octanol–water partition coefficient (Wildman–Crippen LogP) is 3.37. The number of para-hydroxylation sites is 1. The largest absolute Gasteiger partial charge is 0.464 e. The zero-order valence-corrected chi connectivity index (χ0v) is 16.4. The second kappa shape index (κ2) is 7.80. The summed E-state index contributed by atoms with van der Waals surface area (Å²) in [7, 11) is 1.88. The highest BCUT2D eigenvalue weighted by atomic mass is 16.3.